The van der Waals surface area contributed by atoms with Crippen LogP contribution in [0.1, 0.15) is 31.0 Å². The van der Waals surface area contributed by atoms with E-state index < -0.39 is 0 Å². The van der Waals surface area contributed by atoms with Crippen LogP contribution in [0.3, 0.4) is 0 Å². The molecule has 0 amide bonds. The molecule has 0 saturated heterocycles. The van der Waals surface area contributed by atoms with Gasteiger partial charge in [-0.2, -0.15) is 0 Å². The van der Waals surface area contributed by atoms with Crippen molar-refractivity contribution in [3.05, 3.63) is 53.3 Å². The van der Waals surface area contributed by atoms with Gasteiger partial charge in [0.1, 0.15) is 5.82 Å². The molecule has 0 saturated carbocycles. The van der Waals surface area contributed by atoms with Gasteiger partial charge in [-0.3, -0.25) is 0 Å². The van der Waals surface area contributed by atoms with Crippen LogP contribution < -0.4 is 14.4 Å². The van der Waals surface area contributed by atoms with Gasteiger partial charge in [-0.1, -0.05) is 12.1 Å². The summed E-state index contributed by atoms with van der Waals surface area (Å²) in [7, 11) is 3.28. The van der Waals surface area contributed by atoms with Crippen molar-refractivity contribution in [1.29, 1.82) is 0 Å². The molecule has 2 aromatic carbocycles. The molecule has 0 fully saturated rings. The zero-order valence-corrected chi connectivity index (χ0v) is 14.0. The van der Waals surface area contributed by atoms with Gasteiger partial charge < -0.3 is 14.4 Å². The van der Waals surface area contributed by atoms with Crippen LogP contribution in [0, 0.1) is 5.82 Å². The van der Waals surface area contributed by atoms with Crippen molar-refractivity contribution < 1.29 is 13.9 Å². The second kappa shape index (κ2) is 6.11. The summed E-state index contributed by atoms with van der Waals surface area (Å²) in [4.78, 5) is 2.14. The van der Waals surface area contributed by atoms with E-state index in [9.17, 15) is 4.39 Å². The van der Waals surface area contributed by atoms with Gasteiger partial charge >= 0.3 is 0 Å². The van der Waals surface area contributed by atoms with Gasteiger partial charge in [-0.05, 0) is 55.7 Å². The maximum atomic E-state index is 14.3. The van der Waals surface area contributed by atoms with E-state index in [1.54, 1.807) is 20.3 Å². The highest BCUT2D eigenvalue weighted by atomic mass is 19.1. The molecule has 2 unspecified atom stereocenters. The number of hydrogen-bond acceptors (Lipinski definition) is 3. The summed E-state index contributed by atoms with van der Waals surface area (Å²) >= 11 is 0. The third-order valence-electron chi connectivity index (χ3n) is 4.63. The zero-order valence-electron chi connectivity index (χ0n) is 14.0. The van der Waals surface area contributed by atoms with Crippen molar-refractivity contribution >= 4 is 5.69 Å². The van der Waals surface area contributed by atoms with Crippen molar-refractivity contribution in [2.75, 3.05) is 19.1 Å². The third kappa shape index (κ3) is 2.62. The van der Waals surface area contributed by atoms with Crippen LogP contribution in [-0.4, -0.2) is 20.3 Å². The predicted octanol–water partition coefficient (Wildman–Crippen LogP) is 4.36. The first-order chi connectivity index (χ1) is 11.1. The lowest BCUT2D eigenvalue weighted by molar-refractivity contribution is 0.352. The molecule has 122 valence electrons. The van der Waals surface area contributed by atoms with Crippen LogP contribution in [0.2, 0.25) is 0 Å². The minimum absolute atomic E-state index is 0.0606. The number of nitrogens with zero attached hydrogens (tertiary/aromatic N) is 1. The maximum Gasteiger partial charge on any atom is 0.161 e. The summed E-state index contributed by atoms with van der Waals surface area (Å²) in [6.07, 6.45) is 0.842. The largest absolute Gasteiger partial charge is 0.493 e. The molecule has 0 aliphatic carbocycles. The number of ether oxygens (including phenoxy) is 2. The van der Waals surface area contributed by atoms with Gasteiger partial charge in [0.2, 0.25) is 0 Å². The highest BCUT2D eigenvalue weighted by Crippen LogP contribution is 2.42. The van der Waals surface area contributed by atoms with Gasteiger partial charge in [0.25, 0.3) is 0 Å². The minimum Gasteiger partial charge on any atom is -0.493 e. The second-order valence-electron chi connectivity index (χ2n) is 5.99. The van der Waals surface area contributed by atoms with E-state index in [-0.39, 0.29) is 17.9 Å². The van der Waals surface area contributed by atoms with Crippen molar-refractivity contribution in [3.8, 4) is 11.5 Å². The summed E-state index contributed by atoms with van der Waals surface area (Å²) in [5.41, 5.74) is 3.03. The quantitative estimate of drug-likeness (QED) is 0.840. The Balaban J connectivity index is 2.08. The number of fused-ring (bicyclic) bond motifs is 1. The van der Waals surface area contributed by atoms with E-state index in [1.807, 2.05) is 24.3 Å². The van der Waals surface area contributed by atoms with Crippen molar-refractivity contribution in [1.82, 2.24) is 0 Å². The van der Waals surface area contributed by atoms with Crippen LogP contribution in [-0.2, 0) is 6.42 Å². The SMILES string of the molecule is COc1cc2c(cc1OC)C(C)N(c1ccccc1F)C(C)C2. The van der Waals surface area contributed by atoms with Crippen molar-refractivity contribution in [3.63, 3.8) is 0 Å². The smallest absolute Gasteiger partial charge is 0.161 e. The van der Waals surface area contributed by atoms with Crippen LogP contribution in [0.5, 0.6) is 11.5 Å². The average Bonchev–Trinajstić information content (AvgIpc) is 2.55. The second-order valence-corrected chi connectivity index (χ2v) is 5.99. The Bertz CT molecular complexity index is 717. The standard InChI is InChI=1S/C19H22FNO2/c1-12-9-14-10-18(22-3)19(23-4)11-15(14)13(2)21(12)17-8-6-5-7-16(17)20/h5-8,10-13H,9H2,1-4H3. The Morgan fingerprint density at radius 1 is 1.04 bits per heavy atom. The first-order valence-electron chi connectivity index (χ1n) is 7.84. The molecule has 0 radical (unpaired) electrons. The number of hydrogen-bond donors (Lipinski definition) is 0. The summed E-state index contributed by atoms with van der Waals surface area (Å²) in [6, 6.07) is 11.3. The number of anilines is 1. The molecule has 3 rings (SSSR count). The minimum atomic E-state index is -0.185. The Hall–Kier alpha value is -2.23. The molecule has 2 atom stereocenters. The lowest BCUT2D eigenvalue weighted by Crippen LogP contribution is -2.41. The number of rotatable bonds is 3. The first kappa shape index (κ1) is 15.7. The molecule has 1 aliphatic heterocycles. The highest BCUT2D eigenvalue weighted by molar-refractivity contribution is 5.57. The highest BCUT2D eigenvalue weighted by Gasteiger charge is 2.32. The monoisotopic (exact) mass is 315 g/mol. The molecule has 0 bridgehead atoms. The Morgan fingerprint density at radius 3 is 2.35 bits per heavy atom. The molecule has 1 aliphatic rings. The van der Waals surface area contributed by atoms with Crippen LogP contribution in [0.25, 0.3) is 0 Å². The Morgan fingerprint density at radius 2 is 1.70 bits per heavy atom. The van der Waals surface area contributed by atoms with Gasteiger partial charge in [-0.25, -0.2) is 4.39 Å². The number of para-hydroxylation sites is 1. The molecule has 0 N–H and O–H groups in total. The van der Waals surface area contributed by atoms with Crippen molar-refractivity contribution in [2.24, 2.45) is 0 Å². The van der Waals surface area contributed by atoms with E-state index in [0.29, 0.717) is 11.4 Å². The van der Waals surface area contributed by atoms with Crippen LogP contribution in [0.4, 0.5) is 10.1 Å². The summed E-state index contributed by atoms with van der Waals surface area (Å²) < 4.78 is 25.1. The molecule has 1 heterocycles. The lowest BCUT2D eigenvalue weighted by atomic mass is 9.88. The zero-order chi connectivity index (χ0) is 16.6. The van der Waals surface area contributed by atoms with Crippen LogP contribution >= 0.6 is 0 Å². The molecular formula is C19H22FNO2. The predicted molar refractivity (Wildman–Crippen MR) is 90.0 cm³/mol. The fraction of sp³-hybridized carbons (Fsp3) is 0.368. The summed E-state index contributed by atoms with van der Waals surface area (Å²) in [5.74, 6) is 1.27. The topological polar surface area (TPSA) is 21.7 Å². The molecule has 0 aromatic heterocycles. The van der Waals surface area contributed by atoms with Crippen LogP contribution in [0.15, 0.2) is 36.4 Å². The normalized spacial score (nSPS) is 20.1. The molecule has 2 aromatic rings. The first-order valence-corrected chi connectivity index (χ1v) is 7.84. The maximum absolute atomic E-state index is 14.3. The molecule has 0 spiro atoms. The summed E-state index contributed by atoms with van der Waals surface area (Å²) in [6.45, 7) is 4.23. The van der Waals surface area contributed by atoms with Gasteiger partial charge in [-0.15, -0.1) is 0 Å². The molecule has 3 nitrogen and oxygen atoms in total. The molecule has 23 heavy (non-hydrogen) atoms. The third-order valence-corrected chi connectivity index (χ3v) is 4.63. The van der Waals surface area contributed by atoms with E-state index in [0.717, 1.165) is 17.7 Å². The number of halogens is 1. The molecular weight excluding hydrogens is 293 g/mol. The Labute approximate surface area is 136 Å². The average molecular weight is 315 g/mol. The summed E-state index contributed by atoms with van der Waals surface area (Å²) in [5, 5.41) is 0. The molecule has 4 heteroatoms. The van der Waals surface area contributed by atoms with Gasteiger partial charge in [0.05, 0.1) is 25.9 Å². The van der Waals surface area contributed by atoms with E-state index in [1.165, 1.54) is 11.6 Å². The fourth-order valence-corrected chi connectivity index (χ4v) is 3.56. The number of benzene rings is 2. The van der Waals surface area contributed by atoms with E-state index in [4.69, 9.17) is 9.47 Å². The Kier molecular flexibility index (Phi) is 4.16. The van der Waals surface area contributed by atoms with E-state index in [2.05, 4.69) is 18.7 Å². The van der Waals surface area contributed by atoms with Gasteiger partial charge in [0, 0.05) is 6.04 Å². The van der Waals surface area contributed by atoms with Gasteiger partial charge in [0.15, 0.2) is 11.5 Å². The van der Waals surface area contributed by atoms with E-state index >= 15 is 0 Å². The number of methoxy groups -OCH3 is 2. The lowest BCUT2D eigenvalue weighted by Gasteiger charge is -2.42. The fourth-order valence-electron chi connectivity index (χ4n) is 3.56. The van der Waals surface area contributed by atoms with Crippen molar-refractivity contribution in [2.45, 2.75) is 32.4 Å².